The van der Waals surface area contributed by atoms with Crippen molar-refractivity contribution in [1.82, 2.24) is 14.5 Å². The molecule has 1 aliphatic carbocycles. The molecule has 0 bridgehead atoms. The Hall–Kier alpha value is -1.24. The van der Waals surface area contributed by atoms with Crippen molar-refractivity contribution >= 4 is 17.9 Å². The maximum absolute atomic E-state index is 12.7. The summed E-state index contributed by atoms with van der Waals surface area (Å²) in [6.07, 6.45) is 7.47. The molecule has 0 unspecified atom stereocenters. The van der Waals surface area contributed by atoms with Crippen LogP contribution in [0.1, 0.15) is 55.8 Å². The molecule has 1 aromatic rings. The smallest absolute Gasteiger partial charge is 0.251 e. The SMILES string of the molecule is CCCSN1CCN(C2(CNC(=O)c3ccc(OC)cc3)CCCCC2)CC1. The number of hydrogen-bond donors (Lipinski definition) is 1. The molecular weight excluding hydrogens is 370 g/mol. The number of rotatable bonds is 8. The molecule has 3 rings (SSSR count). The van der Waals surface area contributed by atoms with E-state index in [1.54, 1.807) is 7.11 Å². The van der Waals surface area contributed by atoms with Crippen molar-refractivity contribution in [2.45, 2.75) is 51.0 Å². The predicted molar refractivity (Wildman–Crippen MR) is 117 cm³/mol. The molecule has 5 nitrogen and oxygen atoms in total. The highest BCUT2D eigenvalue weighted by Gasteiger charge is 2.39. The largest absolute Gasteiger partial charge is 0.497 e. The van der Waals surface area contributed by atoms with Gasteiger partial charge in [-0.15, -0.1) is 0 Å². The molecule has 2 aliphatic rings. The fraction of sp³-hybridized carbons (Fsp3) is 0.682. The van der Waals surface area contributed by atoms with E-state index in [0.717, 1.165) is 38.5 Å². The van der Waals surface area contributed by atoms with Crippen LogP contribution < -0.4 is 10.1 Å². The number of ether oxygens (including phenoxy) is 1. The number of nitrogens with zero attached hydrogens (tertiary/aromatic N) is 2. The lowest BCUT2D eigenvalue weighted by Crippen LogP contribution is -2.61. The fourth-order valence-corrected chi connectivity index (χ4v) is 5.28. The van der Waals surface area contributed by atoms with Gasteiger partial charge < -0.3 is 10.1 Å². The minimum absolute atomic E-state index is 0.0183. The number of carbonyl (C=O) groups is 1. The third kappa shape index (κ3) is 5.43. The molecule has 0 aromatic heterocycles. The molecule has 2 fully saturated rings. The lowest BCUT2D eigenvalue weighted by atomic mass is 9.79. The van der Waals surface area contributed by atoms with E-state index in [0.29, 0.717) is 5.56 Å². The van der Waals surface area contributed by atoms with E-state index in [1.807, 2.05) is 36.2 Å². The van der Waals surface area contributed by atoms with Gasteiger partial charge in [-0.3, -0.25) is 9.69 Å². The number of hydrogen-bond acceptors (Lipinski definition) is 5. The zero-order chi connectivity index (χ0) is 19.8. The summed E-state index contributed by atoms with van der Waals surface area (Å²) in [5.74, 6) is 2.01. The second-order valence-corrected chi connectivity index (χ2v) is 9.13. The van der Waals surface area contributed by atoms with Gasteiger partial charge in [0.15, 0.2) is 0 Å². The Bertz CT molecular complexity index is 609. The topological polar surface area (TPSA) is 44.8 Å². The molecule has 1 amide bonds. The first-order valence-corrected chi connectivity index (χ1v) is 11.7. The molecular formula is C22H35N3O2S. The van der Waals surface area contributed by atoms with E-state index in [1.165, 1.54) is 44.3 Å². The lowest BCUT2D eigenvalue weighted by molar-refractivity contribution is 0.0256. The van der Waals surface area contributed by atoms with E-state index in [4.69, 9.17) is 4.74 Å². The maximum atomic E-state index is 12.7. The Morgan fingerprint density at radius 1 is 1.11 bits per heavy atom. The highest BCUT2D eigenvalue weighted by molar-refractivity contribution is 7.97. The second-order valence-electron chi connectivity index (χ2n) is 7.95. The van der Waals surface area contributed by atoms with Gasteiger partial charge in [-0.2, -0.15) is 0 Å². The van der Waals surface area contributed by atoms with Crippen molar-refractivity contribution in [1.29, 1.82) is 0 Å². The number of nitrogens with one attached hydrogen (secondary N) is 1. The average molecular weight is 406 g/mol. The van der Waals surface area contributed by atoms with Crippen LogP contribution in [0, 0.1) is 0 Å². The fourth-order valence-electron chi connectivity index (χ4n) is 4.42. The van der Waals surface area contributed by atoms with Crippen molar-refractivity contribution in [2.24, 2.45) is 0 Å². The molecule has 0 radical (unpaired) electrons. The molecule has 1 heterocycles. The molecule has 156 valence electrons. The Kier molecular flexibility index (Phi) is 8.06. The van der Waals surface area contributed by atoms with E-state index in [9.17, 15) is 4.79 Å². The lowest BCUT2D eigenvalue weighted by Gasteiger charge is -2.49. The van der Waals surface area contributed by atoms with Gasteiger partial charge in [0.05, 0.1) is 7.11 Å². The van der Waals surface area contributed by atoms with Gasteiger partial charge in [0.2, 0.25) is 0 Å². The van der Waals surface area contributed by atoms with Crippen molar-refractivity contribution in [2.75, 3.05) is 45.6 Å². The minimum Gasteiger partial charge on any atom is -0.497 e. The van der Waals surface area contributed by atoms with Crippen molar-refractivity contribution in [3.05, 3.63) is 29.8 Å². The van der Waals surface area contributed by atoms with E-state index in [-0.39, 0.29) is 11.4 Å². The number of carbonyl (C=O) groups excluding carboxylic acids is 1. The van der Waals surface area contributed by atoms with Gasteiger partial charge in [0.1, 0.15) is 5.75 Å². The van der Waals surface area contributed by atoms with Gasteiger partial charge >= 0.3 is 0 Å². The first-order chi connectivity index (χ1) is 13.7. The van der Waals surface area contributed by atoms with E-state index < -0.39 is 0 Å². The van der Waals surface area contributed by atoms with Crippen molar-refractivity contribution in [3.63, 3.8) is 0 Å². The summed E-state index contributed by atoms with van der Waals surface area (Å²) >= 11 is 1.99. The number of piperazine rings is 1. The third-order valence-corrected chi connectivity index (χ3v) is 7.42. The van der Waals surface area contributed by atoms with Crippen LogP contribution in [0.15, 0.2) is 24.3 Å². The average Bonchev–Trinajstić information content (AvgIpc) is 2.77. The highest BCUT2D eigenvalue weighted by atomic mass is 32.2. The second kappa shape index (κ2) is 10.5. The van der Waals surface area contributed by atoms with Crippen LogP contribution in [0.3, 0.4) is 0 Å². The molecule has 1 aromatic carbocycles. The molecule has 6 heteroatoms. The Morgan fingerprint density at radius 2 is 1.79 bits per heavy atom. The van der Waals surface area contributed by atoms with E-state index in [2.05, 4.69) is 21.4 Å². The molecule has 0 spiro atoms. The van der Waals surface area contributed by atoms with Crippen LogP contribution in [0.25, 0.3) is 0 Å². The zero-order valence-electron chi connectivity index (χ0n) is 17.4. The Labute approximate surface area is 174 Å². The summed E-state index contributed by atoms with van der Waals surface area (Å²) in [5, 5.41) is 3.25. The molecule has 1 N–H and O–H groups in total. The van der Waals surface area contributed by atoms with Crippen LogP contribution in [0.5, 0.6) is 5.75 Å². The highest BCUT2D eigenvalue weighted by Crippen LogP contribution is 2.34. The molecule has 1 aliphatic heterocycles. The Morgan fingerprint density at radius 3 is 2.39 bits per heavy atom. The van der Waals surface area contributed by atoms with Crippen LogP contribution >= 0.6 is 11.9 Å². The Balaban J connectivity index is 1.59. The van der Waals surface area contributed by atoms with Crippen molar-refractivity contribution < 1.29 is 9.53 Å². The van der Waals surface area contributed by atoms with E-state index >= 15 is 0 Å². The van der Waals surface area contributed by atoms with Gasteiger partial charge in [-0.25, -0.2) is 4.31 Å². The molecule has 28 heavy (non-hydrogen) atoms. The zero-order valence-corrected chi connectivity index (χ0v) is 18.2. The van der Waals surface area contributed by atoms with Crippen LogP contribution in [-0.2, 0) is 0 Å². The first-order valence-electron chi connectivity index (χ1n) is 10.7. The quantitative estimate of drug-likeness (QED) is 0.667. The van der Waals surface area contributed by atoms with Gasteiger partial charge in [0.25, 0.3) is 5.91 Å². The maximum Gasteiger partial charge on any atom is 0.251 e. The standard InChI is InChI=1S/C22H35N3O2S/c1-3-17-28-25-15-13-24(14-16-25)22(11-5-4-6-12-22)18-23-21(26)19-7-9-20(27-2)10-8-19/h7-10H,3-6,11-18H2,1-2H3,(H,23,26). The van der Waals surface area contributed by atoms with Crippen LogP contribution in [-0.4, -0.2) is 66.2 Å². The van der Waals surface area contributed by atoms with Crippen molar-refractivity contribution in [3.8, 4) is 5.75 Å². The molecule has 1 saturated heterocycles. The minimum atomic E-state index is 0.0183. The number of benzene rings is 1. The summed E-state index contributed by atoms with van der Waals surface area (Å²) in [6, 6.07) is 7.37. The summed E-state index contributed by atoms with van der Waals surface area (Å²) in [4.78, 5) is 15.4. The van der Waals surface area contributed by atoms with Crippen LogP contribution in [0.4, 0.5) is 0 Å². The van der Waals surface area contributed by atoms with Crippen LogP contribution in [0.2, 0.25) is 0 Å². The predicted octanol–water partition coefficient (Wildman–Crippen LogP) is 3.80. The molecule has 1 saturated carbocycles. The number of amides is 1. The van der Waals surface area contributed by atoms with Gasteiger partial charge in [-0.05, 0) is 43.5 Å². The van der Waals surface area contributed by atoms with Gasteiger partial charge in [-0.1, -0.05) is 38.1 Å². The third-order valence-electron chi connectivity index (χ3n) is 6.10. The monoisotopic (exact) mass is 405 g/mol. The molecule has 0 atom stereocenters. The number of methoxy groups -OCH3 is 1. The summed E-state index contributed by atoms with van der Waals surface area (Å²) in [6.45, 7) is 7.45. The first kappa shape index (κ1) is 21.5. The summed E-state index contributed by atoms with van der Waals surface area (Å²) < 4.78 is 7.71. The normalized spacial score (nSPS) is 20.6. The van der Waals surface area contributed by atoms with Gasteiger partial charge in [0, 0.05) is 49.6 Å². The summed E-state index contributed by atoms with van der Waals surface area (Å²) in [7, 11) is 1.64. The summed E-state index contributed by atoms with van der Waals surface area (Å²) in [5.41, 5.74) is 0.828.